The van der Waals surface area contributed by atoms with E-state index in [4.69, 9.17) is 80.6 Å². The van der Waals surface area contributed by atoms with E-state index < -0.39 is 118 Å². The molecule has 1 saturated heterocycles. The molecule has 139 heavy (non-hydrogen) atoms. The van der Waals surface area contributed by atoms with Crippen molar-refractivity contribution in [3.63, 3.8) is 0 Å². The van der Waals surface area contributed by atoms with Crippen molar-refractivity contribution in [1.82, 2.24) is 10.6 Å². The number of rotatable bonds is 37. The largest absolute Gasteiger partial charge is 0.534 e. The second-order valence-corrected chi connectivity index (χ2v) is 53.0. The van der Waals surface area contributed by atoms with Crippen molar-refractivity contribution in [3.8, 4) is 57.5 Å². The highest BCUT2D eigenvalue weighted by atomic mass is 32.2. The molecule has 15 rings (SSSR count). The Kier molecular flexibility index (Phi) is 36.1. The van der Waals surface area contributed by atoms with Gasteiger partial charge in [-0.05, 0) is 130 Å². The number of hydrogen-bond acceptors (Lipinski definition) is 24. The molecule has 24 nitrogen and oxygen atoms in total. The average molecular weight is 1980 g/mol. The molecule has 4 aliphatic heterocycles. The molecule has 4 heterocycles. The minimum atomic E-state index is -6.16. The Labute approximate surface area is 819 Å². The highest BCUT2D eigenvalue weighted by molar-refractivity contribution is 7.88. The molecule has 0 bridgehead atoms. The predicted octanol–water partition coefficient (Wildman–Crippen LogP) is 17.9. The maximum Gasteiger partial charge on any atom is 0.534 e. The summed E-state index contributed by atoms with van der Waals surface area (Å²) in [5.41, 5.74) is 3.86. The number of nitrogens with one attached hydrogen (secondary N) is 2. The van der Waals surface area contributed by atoms with Crippen LogP contribution in [0.2, 0.25) is 15.1 Å². The number of aliphatic hydroxyl groups is 2. The second-order valence-electron chi connectivity index (χ2n) is 38.6. The molecular formula is C108H134F3N3O21SSi3. The van der Waals surface area contributed by atoms with Gasteiger partial charge in [0.1, 0.15) is 11.5 Å². The van der Waals surface area contributed by atoms with E-state index in [1.807, 2.05) is 185 Å². The van der Waals surface area contributed by atoms with Gasteiger partial charge >= 0.3 is 15.6 Å². The molecule has 0 amide bonds. The molecule has 0 spiro atoms. The van der Waals surface area contributed by atoms with Gasteiger partial charge < -0.3 is 95.0 Å². The van der Waals surface area contributed by atoms with Crippen LogP contribution in [0.5, 0.6) is 57.5 Å². The van der Waals surface area contributed by atoms with E-state index in [1.165, 1.54) is 46.8 Å². The average Bonchev–Trinajstić information content (AvgIpc) is 1.66. The summed E-state index contributed by atoms with van der Waals surface area (Å²) >= 11 is 0. The van der Waals surface area contributed by atoms with Crippen LogP contribution < -0.4 is 94.3 Å². The van der Waals surface area contributed by atoms with E-state index in [0.29, 0.717) is 41.1 Å². The Balaban J connectivity index is 0.000000185. The number of fused-ring (bicyclic) bond motifs is 3. The number of ether oxygens (including phenoxy) is 13. The summed E-state index contributed by atoms with van der Waals surface area (Å²) in [5, 5.41) is 36.5. The number of methoxy groups -OCH3 is 3. The predicted molar refractivity (Wildman–Crippen MR) is 541 cm³/mol. The van der Waals surface area contributed by atoms with Crippen molar-refractivity contribution in [2.24, 2.45) is 5.73 Å². The smallest absolute Gasteiger partial charge is 0.467 e. The summed E-state index contributed by atoms with van der Waals surface area (Å²) in [7, 11) is -10.5. The zero-order valence-corrected chi connectivity index (χ0v) is 86.5. The maximum atomic E-state index is 13.6. The lowest BCUT2D eigenvalue weighted by atomic mass is 9.90. The van der Waals surface area contributed by atoms with Gasteiger partial charge in [-0.1, -0.05) is 305 Å². The molecule has 31 heteroatoms. The summed E-state index contributed by atoms with van der Waals surface area (Å²) in [6, 6.07) is 83.6. The van der Waals surface area contributed by atoms with Crippen LogP contribution in [0.3, 0.4) is 0 Å². The van der Waals surface area contributed by atoms with E-state index in [0.717, 1.165) is 57.0 Å². The maximum absolute atomic E-state index is 13.6. The fourth-order valence-electron chi connectivity index (χ4n) is 18.3. The molecule has 0 radical (unpaired) electrons. The van der Waals surface area contributed by atoms with Crippen molar-refractivity contribution >= 4 is 66.2 Å². The van der Waals surface area contributed by atoms with Crippen LogP contribution in [0.25, 0.3) is 0 Å². The number of alkyl halides is 3. The van der Waals surface area contributed by atoms with Crippen LogP contribution in [0, 0.1) is 13.8 Å². The van der Waals surface area contributed by atoms with E-state index in [2.05, 4.69) is 174 Å². The Morgan fingerprint density at radius 1 is 0.381 bits per heavy atom. The lowest BCUT2D eigenvalue weighted by Crippen LogP contribution is -2.67. The molecule has 1 fully saturated rings. The molecule has 6 N–H and O–H groups in total. The van der Waals surface area contributed by atoms with Crippen LogP contribution in [-0.2, 0) is 42.3 Å². The molecule has 746 valence electrons. The van der Waals surface area contributed by atoms with Gasteiger partial charge in [-0.3, -0.25) is 10.6 Å². The van der Waals surface area contributed by atoms with Crippen molar-refractivity contribution in [2.45, 2.75) is 179 Å². The minimum Gasteiger partial charge on any atom is -0.467 e. The Hall–Kier alpha value is -10.7. The molecule has 11 aromatic rings. The van der Waals surface area contributed by atoms with Crippen molar-refractivity contribution in [1.29, 1.82) is 0 Å². The van der Waals surface area contributed by atoms with E-state index in [9.17, 15) is 31.8 Å². The van der Waals surface area contributed by atoms with Crippen LogP contribution in [0.4, 0.5) is 13.2 Å². The van der Waals surface area contributed by atoms with Gasteiger partial charge in [0.15, 0.2) is 54.9 Å². The first-order valence-corrected chi connectivity index (χ1v) is 53.6. The quantitative estimate of drug-likeness (QED) is 0.0105. The Morgan fingerprint density at radius 2 is 0.647 bits per heavy atom. The van der Waals surface area contributed by atoms with Crippen molar-refractivity contribution in [2.75, 3.05) is 95.1 Å². The zero-order valence-electron chi connectivity index (χ0n) is 82.7. The third kappa shape index (κ3) is 24.9. The van der Waals surface area contributed by atoms with Gasteiger partial charge in [0.05, 0.1) is 61.2 Å². The topological polar surface area (TPSA) is 282 Å². The highest BCUT2D eigenvalue weighted by Crippen LogP contribution is 2.55. The molecule has 11 aromatic carbocycles. The number of hydrogen-bond donors (Lipinski definition) is 5. The molecule has 4 aliphatic rings. The highest BCUT2D eigenvalue weighted by Gasteiger charge is 2.56. The minimum absolute atomic E-state index is 0.0622. The van der Waals surface area contributed by atoms with Crippen LogP contribution in [0.15, 0.2) is 261 Å². The van der Waals surface area contributed by atoms with Crippen LogP contribution >= 0.6 is 0 Å². The van der Waals surface area contributed by atoms with Crippen LogP contribution in [0.1, 0.15) is 172 Å². The fourth-order valence-corrected chi connectivity index (χ4v) is 32.5. The van der Waals surface area contributed by atoms with Gasteiger partial charge in [-0.15, -0.1) is 0 Å². The van der Waals surface area contributed by atoms with Gasteiger partial charge in [0.25, 0.3) is 25.0 Å². The van der Waals surface area contributed by atoms with E-state index >= 15 is 0 Å². The third-order valence-corrected chi connectivity index (χ3v) is 40.8. The third-order valence-electron chi connectivity index (χ3n) is 24.9. The number of benzene rings is 11. The molecule has 3 unspecified atom stereocenters. The normalized spacial score (nSPS) is 14.9. The number of halogens is 3. The summed E-state index contributed by atoms with van der Waals surface area (Å²) in [6.45, 7) is 32.8. The van der Waals surface area contributed by atoms with Crippen LogP contribution in [-0.4, -0.2) is 155 Å². The first kappa shape index (κ1) is 107. The standard InChI is InChI=1S/C38H44F3NO9SSi.C38H47NO6Si.C28H35NO5Si.C4H8O/c1-36(2,3)53(27-18-12-8-13-19-27,28-20-14-9-15-21-28)50-23-30(42-35(37(4,5)43)26-16-10-7-11-17-26)29-22-31(47-24-46-6)33(34-32(29)48-25-49-34)51-52(44,45)38(39,40)41;1-27-33(42-25-41-7)23-31(35-34(27)43-26-44-35)32(39-36(38(5,6)40)28-17-11-8-12-18-28)24-45-46(37(2,3)4,29-19-13-9-14-20-29)30-21-15-10-16-22-30;1-20-25(31-18-30-5)16-23(27-26(20)32-19-33-27)24(29)17-34-35(28(2,3)4,21-12-8-6-9-13-21)22-14-10-7-11-15-22;1-2-4-5-3-1/h7-22,30,35,42-43H,23-25H2,1-6H3;8-23,32,36,39-40H,24-26H2,1-7H3;6-16,24H,17-19,29H2,1-5H3;1-4H2/t30?,35-;32?,36-;;/m11../s1. The lowest BCUT2D eigenvalue weighted by Gasteiger charge is -2.44. The summed E-state index contributed by atoms with van der Waals surface area (Å²) < 4.78 is 165. The molecule has 0 aliphatic carbocycles. The van der Waals surface area contributed by atoms with E-state index in [1.54, 1.807) is 28.1 Å². The number of nitrogens with two attached hydrogens (primary N) is 1. The Bertz CT molecular complexity index is 5720. The molecule has 0 aromatic heterocycles. The van der Waals surface area contributed by atoms with Gasteiger partial charge in [0.2, 0.25) is 31.9 Å². The summed E-state index contributed by atoms with van der Waals surface area (Å²) in [4.78, 5) is 0. The molecular weight excluding hydrogens is 1850 g/mol. The molecule has 0 saturated carbocycles. The zero-order chi connectivity index (χ0) is 100. The second kappa shape index (κ2) is 46.8. The first-order chi connectivity index (χ1) is 66.2. The summed E-state index contributed by atoms with van der Waals surface area (Å²) in [5.74, 6) is 2.12. The first-order valence-electron chi connectivity index (χ1n) is 46.5. The van der Waals surface area contributed by atoms with Gasteiger partial charge in [0, 0.05) is 62.4 Å². The lowest BCUT2D eigenvalue weighted by molar-refractivity contribution is -0.0502. The fraction of sp³-hybridized carbons (Fsp3) is 0.389. The van der Waals surface area contributed by atoms with Crippen molar-refractivity contribution in [3.05, 3.63) is 300 Å². The van der Waals surface area contributed by atoms with Gasteiger partial charge in [-0.25, -0.2) is 0 Å². The molecule has 5 atom stereocenters. The van der Waals surface area contributed by atoms with Crippen molar-refractivity contribution < 1.29 is 111 Å². The summed E-state index contributed by atoms with van der Waals surface area (Å²) in [6.07, 6.45) is 2.56. The van der Waals surface area contributed by atoms with E-state index in [-0.39, 0.29) is 61.8 Å². The SMILES string of the molecule is C1CCOC1.COCOc1cc(C(CO[Si](c2ccccc2)(c2ccccc2)C(C)(C)C)N[C@H](c2ccccc2)C(C)(C)O)c2c(c1C)OCO2.COCOc1cc(C(CO[Si](c2ccccc2)(c2ccccc2)C(C)(C)C)N[C@H](c2ccccc2)C(C)(C)O)c2c(c1OS(=O)(=O)C(F)(F)F)OCO2.COCOc1cc(C(N)CO[Si](c2ccccc2)(c2ccccc2)C(C)(C)C)c2c(c1C)OCO2. The Morgan fingerprint density at radius 3 is 0.935 bits per heavy atom. The monoisotopic (exact) mass is 1980 g/mol. The van der Waals surface area contributed by atoms with Gasteiger partial charge in [-0.2, -0.15) is 21.6 Å².